The number of nitrogens with zero attached hydrogens (tertiary/aromatic N) is 2. The van der Waals surface area contributed by atoms with Crippen molar-refractivity contribution in [1.82, 2.24) is 9.29 Å². The summed E-state index contributed by atoms with van der Waals surface area (Å²) in [5.74, 6) is 0.767. The summed E-state index contributed by atoms with van der Waals surface area (Å²) in [5, 5.41) is 3.20. The molecule has 0 aliphatic carbocycles. The molecule has 0 amide bonds. The molecule has 1 fully saturated rings. The van der Waals surface area contributed by atoms with Gasteiger partial charge >= 0.3 is 0 Å². The van der Waals surface area contributed by atoms with E-state index in [1.165, 1.54) is 4.31 Å². The third-order valence-electron chi connectivity index (χ3n) is 3.73. The molecule has 0 bridgehead atoms. The Kier molecular flexibility index (Phi) is 5.50. The van der Waals surface area contributed by atoms with Crippen LogP contribution < -0.4 is 5.32 Å². The number of hydrogen-bond donors (Lipinski definition) is 1. The Hall–Kier alpha value is -1.48. The Morgan fingerprint density at radius 2 is 1.83 bits per heavy atom. The van der Waals surface area contributed by atoms with Crippen molar-refractivity contribution in [2.75, 3.05) is 31.6 Å². The van der Waals surface area contributed by atoms with E-state index in [-0.39, 0.29) is 0 Å². The smallest absolute Gasteiger partial charge is 0.243 e. The van der Waals surface area contributed by atoms with E-state index in [0.29, 0.717) is 37.7 Å². The van der Waals surface area contributed by atoms with Gasteiger partial charge in [0, 0.05) is 30.3 Å². The molecule has 2 aromatic rings. The van der Waals surface area contributed by atoms with Gasteiger partial charge in [0.1, 0.15) is 5.82 Å². The number of aromatic nitrogens is 1. The maximum absolute atomic E-state index is 12.6. The zero-order chi connectivity index (χ0) is 17.0. The molecule has 0 spiro atoms. The van der Waals surface area contributed by atoms with Crippen molar-refractivity contribution >= 4 is 31.8 Å². The summed E-state index contributed by atoms with van der Waals surface area (Å²) in [7, 11) is -3.44. The second-order valence-corrected chi connectivity index (χ2v) is 8.23. The number of ether oxygens (including phenoxy) is 1. The maximum atomic E-state index is 12.6. The van der Waals surface area contributed by atoms with Crippen LogP contribution in [0.4, 0.5) is 5.82 Å². The fraction of sp³-hybridized carbons (Fsp3) is 0.312. The predicted octanol–water partition coefficient (Wildman–Crippen LogP) is 2.48. The van der Waals surface area contributed by atoms with Crippen LogP contribution >= 0.6 is 15.9 Å². The van der Waals surface area contributed by atoms with Crippen molar-refractivity contribution in [2.24, 2.45) is 0 Å². The number of morpholine rings is 1. The van der Waals surface area contributed by atoms with Crippen molar-refractivity contribution < 1.29 is 13.2 Å². The molecule has 3 rings (SSSR count). The van der Waals surface area contributed by atoms with Gasteiger partial charge < -0.3 is 10.1 Å². The van der Waals surface area contributed by atoms with Crippen molar-refractivity contribution in [2.45, 2.75) is 11.4 Å². The second kappa shape index (κ2) is 7.60. The highest BCUT2D eigenvalue weighted by Gasteiger charge is 2.25. The van der Waals surface area contributed by atoms with Gasteiger partial charge in [0.25, 0.3) is 0 Å². The van der Waals surface area contributed by atoms with Crippen LogP contribution in [0.25, 0.3) is 0 Å². The molecule has 0 saturated carbocycles. The van der Waals surface area contributed by atoms with Gasteiger partial charge in [0.15, 0.2) is 0 Å². The molecule has 0 atom stereocenters. The first-order valence-electron chi connectivity index (χ1n) is 7.58. The SMILES string of the molecule is O=S(=O)(c1ccc(CNc2ccc(Br)cn2)cc1)N1CCOCC1. The molecule has 128 valence electrons. The summed E-state index contributed by atoms with van der Waals surface area (Å²) in [6.07, 6.45) is 1.72. The lowest BCUT2D eigenvalue weighted by atomic mass is 10.2. The minimum absolute atomic E-state index is 0.315. The van der Waals surface area contributed by atoms with Crippen molar-refractivity contribution in [3.63, 3.8) is 0 Å². The Labute approximate surface area is 150 Å². The van der Waals surface area contributed by atoms with Gasteiger partial charge in [-0.05, 0) is 45.8 Å². The number of pyridine rings is 1. The van der Waals surface area contributed by atoms with Crippen molar-refractivity contribution in [3.05, 3.63) is 52.6 Å². The molecule has 24 heavy (non-hydrogen) atoms. The van der Waals surface area contributed by atoms with Crippen LogP contribution in [-0.4, -0.2) is 44.0 Å². The molecule has 0 radical (unpaired) electrons. The second-order valence-electron chi connectivity index (χ2n) is 5.38. The summed E-state index contributed by atoms with van der Waals surface area (Å²) < 4.78 is 32.7. The van der Waals surface area contributed by atoms with Crippen LogP contribution in [0.3, 0.4) is 0 Å². The number of anilines is 1. The van der Waals surface area contributed by atoms with Gasteiger partial charge in [0.2, 0.25) is 10.0 Å². The molecule has 8 heteroatoms. The first-order valence-corrected chi connectivity index (χ1v) is 9.81. The molecule has 1 N–H and O–H groups in total. The molecular weight excluding hydrogens is 394 g/mol. The number of sulfonamides is 1. The van der Waals surface area contributed by atoms with Gasteiger partial charge in [-0.2, -0.15) is 4.31 Å². The number of nitrogens with one attached hydrogen (secondary N) is 1. The Morgan fingerprint density at radius 1 is 1.12 bits per heavy atom. The van der Waals surface area contributed by atoms with E-state index >= 15 is 0 Å². The fourth-order valence-electron chi connectivity index (χ4n) is 2.39. The van der Waals surface area contributed by atoms with E-state index in [0.717, 1.165) is 15.9 Å². The van der Waals surface area contributed by atoms with Gasteiger partial charge in [-0.25, -0.2) is 13.4 Å². The molecule has 0 unspecified atom stereocenters. The standard InChI is InChI=1S/C16H18BrN3O3S/c17-14-3-6-16(19-12-14)18-11-13-1-4-15(5-2-13)24(21,22)20-7-9-23-10-8-20/h1-6,12H,7-11H2,(H,18,19). The molecule has 1 aliphatic heterocycles. The summed E-state index contributed by atoms with van der Waals surface area (Å²) in [4.78, 5) is 4.55. The van der Waals surface area contributed by atoms with E-state index in [1.54, 1.807) is 18.3 Å². The van der Waals surface area contributed by atoms with E-state index in [1.807, 2.05) is 24.3 Å². The quantitative estimate of drug-likeness (QED) is 0.817. The summed E-state index contributed by atoms with van der Waals surface area (Å²) in [6, 6.07) is 10.7. The number of benzene rings is 1. The van der Waals surface area contributed by atoms with Crippen molar-refractivity contribution in [3.8, 4) is 0 Å². The number of hydrogen-bond acceptors (Lipinski definition) is 5. The normalized spacial score (nSPS) is 16.0. The molecule has 1 saturated heterocycles. The Bertz CT molecular complexity index is 773. The number of rotatable bonds is 5. The van der Waals surface area contributed by atoms with Crippen LogP contribution in [0, 0.1) is 0 Å². The van der Waals surface area contributed by atoms with Gasteiger partial charge in [0.05, 0.1) is 18.1 Å². The minimum atomic E-state index is -3.44. The fourth-order valence-corrected chi connectivity index (χ4v) is 4.03. The molecule has 6 nitrogen and oxygen atoms in total. The number of halogens is 1. The third kappa shape index (κ3) is 4.13. The Balaban J connectivity index is 1.65. The van der Waals surface area contributed by atoms with Crippen LogP contribution in [0.5, 0.6) is 0 Å². The largest absolute Gasteiger partial charge is 0.379 e. The van der Waals surface area contributed by atoms with E-state index in [2.05, 4.69) is 26.2 Å². The lowest BCUT2D eigenvalue weighted by molar-refractivity contribution is 0.0730. The average Bonchev–Trinajstić information content (AvgIpc) is 2.62. The first kappa shape index (κ1) is 17.3. The van der Waals surface area contributed by atoms with E-state index in [4.69, 9.17) is 4.74 Å². The van der Waals surface area contributed by atoms with Crippen LogP contribution in [0.1, 0.15) is 5.56 Å². The van der Waals surface area contributed by atoms with Crippen LogP contribution in [0.15, 0.2) is 52.0 Å². The van der Waals surface area contributed by atoms with Crippen molar-refractivity contribution in [1.29, 1.82) is 0 Å². The summed E-state index contributed by atoms with van der Waals surface area (Å²) in [6.45, 7) is 2.27. The molecular formula is C16H18BrN3O3S. The highest BCUT2D eigenvalue weighted by Crippen LogP contribution is 2.18. The van der Waals surface area contributed by atoms with E-state index < -0.39 is 10.0 Å². The maximum Gasteiger partial charge on any atom is 0.243 e. The lowest BCUT2D eigenvalue weighted by Crippen LogP contribution is -2.40. The van der Waals surface area contributed by atoms with Gasteiger partial charge in [-0.15, -0.1) is 0 Å². The topological polar surface area (TPSA) is 71.5 Å². The average molecular weight is 412 g/mol. The Morgan fingerprint density at radius 3 is 2.46 bits per heavy atom. The first-order chi connectivity index (χ1) is 11.6. The van der Waals surface area contributed by atoms with Crippen LogP contribution in [0.2, 0.25) is 0 Å². The minimum Gasteiger partial charge on any atom is -0.379 e. The summed E-state index contributed by atoms with van der Waals surface area (Å²) in [5.41, 5.74) is 0.987. The van der Waals surface area contributed by atoms with Crippen LogP contribution in [-0.2, 0) is 21.3 Å². The zero-order valence-electron chi connectivity index (χ0n) is 13.0. The molecule has 1 aliphatic rings. The summed E-state index contributed by atoms with van der Waals surface area (Å²) >= 11 is 3.34. The monoisotopic (exact) mass is 411 g/mol. The predicted molar refractivity (Wildman–Crippen MR) is 95.3 cm³/mol. The zero-order valence-corrected chi connectivity index (χ0v) is 15.4. The highest BCUT2D eigenvalue weighted by molar-refractivity contribution is 9.10. The lowest BCUT2D eigenvalue weighted by Gasteiger charge is -2.26. The molecule has 2 heterocycles. The highest BCUT2D eigenvalue weighted by atomic mass is 79.9. The molecule has 1 aromatic carbocycles. The third-order valence-corrected chi connectivity index (χ3v) is 6.11. The van der Waals surface area contributed by atoms with Gasteiger partial charge in [-0.1, -0.05) is 12.1 Å². The van der Waals surface area contributed by atoms with Gasteiger partial charge in [-0.3, -0.25) is 0 Å². The molecule has 1 aromatic heterocycles. The van der Waals surface area contributed by atoms with E-state index in [9.17, 15) is 8.42 Å².